The van der Waals surface area contributed by atoms with E-state index in [1.807, 2.05) is 39.8 Å². The normalized spacial score (nSPS) is 25.8. The van der Waals surface area contributed by atoms with Gasteiger partial charge in [-0.25, -0.2) is 9.18 Å². The number of carboxylic acid groups (broad SMARTS) is 1. The van der Waals surface area contributed by atoms with E-state index in [2.05, 4.69) is 16.7 Å². The summed E-state index contributed by atoms with van der Waals surface area (Å²) in [5, 5.41) is 10.3. The molecule has 0 radical (unpaired) electrons. The van der Waals surface area contributed by atoms with Crippen LogP contribution in [0.15, 0.2) is 42.5 Å². The molecule has 0 bridgehead atoms. The van der Waals surface area contributed by atoms with E-state index in [1.165, 1.54) is 12.1 Å². The van der Waals surface area contributed by atoms with E-state index < -0.39 is 17.0 Å². The molecule has 2 saturated heterocycles. The van der Waals surface area contributed by atoms with Gasteiger partial charge in [0.25, 0.3) is 0 Å². The Balaban J connectivity index is 1.40. The van der Waals surface area contributed by atoms with Gasteiger partial charge in [-0.2, -0.15) is 0 Å². The molecule has 0 aromatic heterocycles. The molecule has 3 aliphatic heterocycles. The van der Waals surface area contributed by atoms with Crippen LogP contribution in [0.1, 0.15) is 58.2 Å². The fraction of sp³-hybridized carbons (Fsp3) is 0.571. The summed E-state index contributed by atoms with van der Waals surface area (Å²) in [6.07, 6.45) is 0.147. The lowest BCUT2D eigenvalue weighted by Crippen LogP contribution is -2.64. The van der Waals surface area contributed by atoms with Crippen LogP contribution in [0.25, 0.3) is 0 Å². The van der Waals surface area contributed by atoms with Crippen molar-refractivity contribution in [2.75, 3.05) is 57.4 Å². The maximum Gasteiger partial charge on any atom is 0.410 e. The van der Waals surface area contributed by atoms with Crippen LogP contribution in [0.2, 0.25) is 0 Å². The number of nitrogens with zero attached hydrogens (tertiary/aromatic N) is 4. The number of carboxylic acids is 1. The summed E-state index contributed by atoms with van der Waals surface area (Å²) >= 11 is 0. The van der Waals surface area contributed by atoms with Gasteiger partial charge in [-0.1, -0.05) is 24.3 Å². The summed E-state index contributed by atoms with van der Waals surface area (Å²) in [5.74, 6) is -1.49. The number of anilines is 1. The summed E-state index contributed by atoms with van der Waals surface area (Å²) in [6.45, 7) is 14.9. The SMILES string of the molecule is CC1COCCN1C[C@H]1CN(C(=O)OC(C)(C)C)[C@H](C)CN1CC(=O)N1CC(C)(C(=O)O)c2ccc(Cc3ccc(F)cc3)cc21. The molecule has 3 aliphatic rings. The van der Waals surface area contributed by atoms with Crippen molar-refractivity contribution >= 4 is 23.7 Å². The second kappa shape index (κ2) is 13.3. The third-order valence-electron chi connectivity index (χ3n) is 9.39. The Kier molecular flexibility index (Phi) is 9.77. The average molecular weight is 639 g/mol. The highest BCUT2D eigenvalue weighted by molar-refractivity contribution is 6.01. The van der Waals surface area contributed by atoms with Crippen LogP contribution in [0.5, 0.6) is 0 Å². The minimum Gasteiger partial charge on any atom is -0.481 e. The number of rotatable bonds is 7. The zero-order valence-electron chi connectivity index (χ0n) is 27.8. The molecule has 2 fully saturated rings. The summed E-state index contributed by atoms with van der Waals surface area (Å²) in [7, 11) is 0. The fourth-order valence-corrected chi connectivity index (χ4v) is 6.72. The van der Waals surface area contributed by atoms with Gasteiger partial charge in [-0.3, -0.25) is 19.4 Å². The molecule has 1 N–H and O–H groups in total. The Morgan fingerprint density at radius 1 is 1.02 bits per heavy atom. The lowest BCUT2D eigenvalue weighted by molar-refractivity contribution is -0.142. The monoisotopic (exact) mass is 638 g/mol. The van der Waals surface area contributed by atoms with Gasteiger partial charge < -0.3 is 24.4 Å². The van der Waals surface area contributed by atoms with Crippen LogP contribution in [0.4, 0.5) is 14.9 Å². The number of piperazine rings is 1. The van der Waals surface area contributed by atoms with E-state index in [4.69, 9.17) is 9.47 Å². The van der Waals surface area contributed by atoms with Gasteiger partial charge >= 0.3 is 12.1 Å². The van der Waals surface area contributed by atoms with Crippen LogP contribution in [0.3, 0.4) is 0 Å². The Morgan fingerprint density at radius 3 is 2.37 bits per heavy atom. The van der Waals surface area contributed by atoms with E-state index in [1.54, 1.807) is 34.9 Å². The number of halogens is 1. The van der Waals surface area contributed by atoms with Crippen molar-refractivity contribution in [3.8, 4) is 0 Å². The van der Waals surface area contributed by atoms with Crippen LogP contribution >= 0.6 is 0 Å². The Morgan fingerprint density at radius 2 is 1.72 bits per heavy atom. The molecular weight excluding hydrogens is 591 g/mol. The number of amides is 2. The molecule has 46 heavy (non-hydrogen) atoms. The van der Waals surface area contributed by atoms with Crippen LogP contribution < -0.4 is 4.90 Å². The number of hydrogen-bond acceptors (Lipinski definition) is 7. The molecule has 250 valence electrons. The van der Waals surface area contributed by atoms with E-state index >= 15 is 0 Å². The number of fused-ring (bicyclic) bond motifs is 1. The molecule has 0 saturated carbocycles. The first-order chi connectivity index (χ1) is 21.6. The molecule has 3 heterocycles. The van der Waals surface area contributed by atoms with Crippen molar-refractivity contribution in [1.29, 1.82) is 0 Å². The van der Waals surface area contributed by atoms with E-state index in [-0.39, 0.29) is 49.0 Å². The molecule has 0 spiro atoms. The van der Waals surface area contributed by atoms with Gasteiger partial charge in [-0.15, -0.1) is 0 Å². The predicted octanol–water partition coefficient (Wildman–Crippen LogP) is 4.14. The topological polar surface area (TPSA) is 103 Å². The highest BCUT2D eigenvalue weighted by Crippen LogP contribution is 2.42. The van der Waals surface area contributed by atoms with E-state index in [9.17, 15) is 23.9 Å². The van der Waals surface area contributed by atoms with Crippen LogP contribution in [-0.2, 0) is 30.9 Å². The average Bonchev–Trinajstić information content (AvgIpc) is 3.29. The number of carbonyl (C=O) groups excluding carboxylic acids is 2. The number of aliphatic carboxylic acids is 1. The first-order valence-electron chi connectivity index (χ1n) is 16.1. The van der Waals surface area contributed by atoms with Gasteiger partial charge in [0, 0.05) is 56.5 Å². The predicted molar refractivity (Wildman–Crippen MR) is 173 cm³/mol. The van der Waals surface area contributed by atoms with Crippen molar-refractivity contribution in [3.05, 3.63) is 65.0 Å². The van der Waals surface area contributed by atoms with Gasteiger partial charge in [0.2, 0.25) is 5.91 Å². The fourth-order valence-electron chi connectivity index (χ4n) is 6.72. The highest BCUT2D eigenvalue weighted by Gasteiger charge is 2.48. The van der Waals surface area contributed by atoms with Crippen molar-refractivity contribution in [2.45, 2.75) is 77.1 Å². The first-order valence-corrected chi connectivity index (χ1v) is 16.1. The highest BCUT2D eigenvalue weighted by atomic mass is 19.1. The molecule has 4 atom stereocenters. The van der Waals surface area contributed by atoms with Crippen molar-refractivity contribution < 1.29 is 33.4 Å². The number of carbonyl (C=O) groups is 3. The molecule has 2 amide bonds. The Hall–Kier alpha value is -3.54. The van der Waals surface area contributed by atoms with Gasteiger partial charge in [-0.05, 0) is 82.9 Å². The third kappa shape index (κ3) is 7.37. The lowest BCUT2D eigenvalue weighted by Gasteiger charge is -2.47. The molecule has 0 aliphatic carbocycles. The zero-order chi connectivity index (χ0) is 33.4. The molecule has 2 aromatic carbocycles. The second-order valence-electron chi connectivity index (χ2n) is 14.3. The standard InChI is InChI=1S/C35H47FN4O6/c1-23-17-38(28(18-37-13-14-45-21-24(37)2)19-39(23)33(44)46-34(3,4)5)20-31(41)40-22-35(6,32(42)43)29-12-9-26(16-30(29)40)15-25-7-10-27(36)11-8-25/h7-12,16,23-24,28H,13-15,17-22H2,1-6H3,(H,42,43)/t23-,24?,28+,35?/m1/s1. The van der Waals surface area contributed by atoms with E-state index in [0.29, 0.717) is 50.5 Å². The van der Waals surface area contributed by atoms with Crippen molar-refractivity contribution in [1.82, 2.24) is 14.7 Å². The van der Waals surface area contributed by atoms with Crippen molar-refractivity contribution in [2.24, 2.45) is 0 Å². The number of ether oxygens (including phenoxy) is 2. The summed E-state index contributed by atoms with van der Waals surface area (Å²) in [6, 6.07) is 11.7. The minimum absolute atomic E-state index is 0.0229. The van der Waals surface area contributed by atoms with Crippen LogP contribution in [0, 0.1) is 5.82 Å². The number of hydrogen-bond donors (Lipinski definition) is 1. The largest absolute Gasteiger partial charge is 0.481 e. The Labute approximate surface area is 271 Å². The Bertz CT molecular complexity index is 1450. The van der Waals surface area contributed by atoms with Gasteiger partial charge in [0.15, 0.2) is 0 Å². The first kappa shape index (κ1) is 33.8. The molecule has 2 unspecified atom stereocenters. The maximum atomic E-state index is 14.2. The van der Waals surface area contributed by atoms with Crippen LogP contribution in [-0.4, -0.2) is 114 Å². The third-order valence-corrected chi connectivity index (χ3v) is 9.39. The number of morpholine rings is 1. The molecular formula is C35H47FN4O6. The summed E-state index contributed by atoms with van der Waals surface area (Å²) < 4.78 is 24.9. The molecule has 5 rings (SSSR count). The molecule has 11 heteroatoms. The zero-order valence-corrected chi connectivity index (χ0v) is 27.8. The quantitative estimate of drug-likeness (QED) is 0.483. The maximum absolute atomic E-state index is 14.2. The summed E-state index contributed by atoms with van der Waals surface area (Å²) in [4.78, 5) is 47.8. The van der Waals surface area contributed by atoms with Gasteiger partial charge in [0.1, 0.15) is 16.8 Å². The lowest BCUT2D eigenvalue weighted by atomic mass is 9.84. The van der Waals surface area contributed by atoms with E-state index in [0.717, 1.165) is 17.7 Å². The second-order valence-corrected chi connectivity index (χ2v) is 14.3. The number of benzene rings is 2. The minimum atomic E-state index is -1.26. The summed E-state index contributed by atoms with van der Waals surface area (Å²) in [5.41, 5.74) is 1.11. The van der Waals surface area contributed by atoms with Gasteiger partial charge in [0.05, 0.1) is 19.8 Å². The molecule has 2 aromatic rings. The van der Waals surface area contributed by atoms with Crippen molar-refractivity contribution in [3.63, 3.8) is 0 Å². The molecule has 10 nitrogen and oxygen atoms in total. The smallest absolute Gasteiger partial charge is 0.410 e.